The van der Waals surface area contributed by atoms with Crippen LogP contribution < -0.4 is 10.2 Å². The van der Waals surface area contributed by atoms with Gasteiger partial charge >= 0.3 is 12.0 Å². The van der Waals surface area contributed by atoms with Crippen molar-refractivity contribution in [3.8, 4) is 0 Å². The Morgan fingerprint density at radius 2 is 1.75 bits per heavy atom. The van der Waals surface area contributed by atoms with E-state index in [0.29, 0.717) is 18.7 Å². The van der Waals surface area contributed by atoms with E-state index in [1.165, 1.54) is 7.11 Å². The highest BCUT2D eigenvalue weighted by Gasteiger charge is 2.21. The van der Waals surface area contributed by atoms with Gasteiger partial charge in [-0.05, 0) is 30.7 Å². The summed E-state index contributed by atoms with van der Waals surface area (Å²) in [5.41, 5.74) is 1.61. The molecule has 0 radical (unpaired) electrons. The Bertz CT molecular complexity index is 537. The van der Waals surface area contributed by atoms with E-state index >= 15 is 0 Å². The lowest BCUT2D eigenvalue weighted by Gasteiger charge is -2.36. The standard InChI is InChI=1S/C18H27N3O3/c1-3-4-5-10-19-18(23)21-13-11-20(12-14-21)16-8-6-15(7-9-16)17(22)24-2/h6-9H,3-5,10-14H2,1-2H3,(H,19,23). The van der Waals surface area contributed by atoms with Crippen molar-refractivity contribution < 1.29 is 14.3 Å². The van der Waals surface area contributed by atoms with E-state index in [1.54, 1.807) is 12.1 Å². The van der Waals surface area contributed by atoms with Crippen molar-refractivity contribution in [2.24, 2.45) is 0 Å². The molecular formula is C18H27N3O3. The number of hydrogen-bond donors (Lipinski definition) is 1. The Hall–Kier alpha value is -2.24. The van der Waals surface area contributed by atoms with Crippen LogP contribution in [0.5, 0.6) is 0 Å². The number of rotatable bonds is 6. The second-order valence-electron chi connectivity index (χ2n) is 5.95. The summed E-state index contributed by atoms with van der Waals surface area (Å²) in [6.07, 6.45) is 3.34. The van der Waals surface area contributed by atoms with Crippen molar-refractivity contribution in [1.82, 2.24) is 10.2 Å². The fourth-order valence-electron chi connectivity index (χ4n) is 2.78. The Kier molecular flexibility index (Phi) is 6.90. The summed E-state index contributed by atoms with van der Waals surface area (Å²) in [6.45, 7) is 5.90. The number of carbonyl (C=O) groups is 2. The molecule has 2 rings (SSSR count). The van der Waals surface area contributed by atoms with E-state index in [0.717, 1.165) is 44.6 Å². The van der Waals surface area contributed by atoms with Crippen LogP contribution in [0.1, 0.15) is 36.5 Å². The molecule has 0 atom stereocenters. The van der Waals surface area contributed by atoms with Crippen molar-refractivity contribution in [2.75, 3.05) is 44.7 Å². The number of hydrogen-bond acceptors (Lipinski definition) is 4. The highest BCUT2D eigenvalue weighted by molar-refractivity contribution is 5.89. The minimum absolute atomic E-state index is 0.0341. The number of methoxy groups -OCH3 is 1. The number of urea groups is 1. The molecular weight excluding hydrogens is 306 g/mol. The predicted molar refractivity (Wildman–Crippen MR) is 94.5 cm³/mol. The van der Waals surface area contributed by atoms with Crippen LogP contribution in [0.2, 0.25) is 0 Å². The van der Waals surface area contributed by atoms with Crippen molar-refractivity contribution in [1.29, 1.82) is 0 Å². The van der Waals surface area contributed by atoms with E-state index in [9.17, 15) is 9.59 Å². The van der Waals surface area contributed by atoms with Gasteiger partial charge < -0.3 is 19.9 Å². The van der Waals surface area contributed by atoms with Gasteiger partial charge in [0, 0.05) is 38.4 Å². The maximum Gasteiger partial charge on any atom is 0.337 e. The zero-order valence-corrected chi connectivity index (χ0v) is 14.6. The number of anilines is 1. The first-order valence-electron chi connectivity index (χ1n) is 8.61. The van der Waals surface area contributed by atoms with E-state index in [4.69, 9.17) is 4.74 Å². The Labute approximate surface area is 143 Å². The average molecular weight is 333 g/mol. The topological polar surface area (TPSA) is 61.9 Å². The minimum Gasteiger partial charge on any atom is -0.465 e. The molecule has 0 bridgehead atoms. The van der Waals surface area contributed by atoms with Gasteiger partial charge in [-0.1, -0.05) is 19.8 Å². The summed E-state index contributed by atoms with van der Waals surface area (Å²) in [5, 5.41) is 2.99. The molecule has 1 heterocycles. The van der Waals surface area contributed by atoms with Crippen LogP contribution >= 0.6 is 0 Å². The van der Waals surface area contributed by atoms with Gasteiger partial charge in [0.25, 0.3) is 0 Å². The maximum atomic E-state index is 12.1. The third-order valence-corrected chi connectivity index (χ3v) is 4.28. The van der Waals surface area contributed by atoms with Crippen molar-refractivity contribution in [2.45, 2.75) is 26.2 Å². The molecule has 1 aromatic carbocycles. The SMILES string of the molecule is CCCCCNC(=O)N1CCN(c2ccc(C(=O)OC)cc2)CC1. The Morgan fingerprint density at radius 3 is 2.33 bits per heavy atom. The smallest absolute Gasteiger partial charge is 0.337 e. The third kappa shape index (κ3) is 4.88. The molecule has 1 aliphatic rings. The number of amides is 2. The van der Waals surface area contributed by atoms with Crippen molar-refractivity contribution in [3.05, 3.63) is 29.8 Å². The van der Waals surface area contributed by atoms with Crippen LogP contribution in [-0.2, 0) is 4.74 Å². The zero-order chi connectivity index (χ0) is 17.4. The van der Waals surface area contributed by atoms with Crippen LogP contribution in [0.4, 0.5) is 10.5 Å². The predicted octanol–water partition coefficient (Wildman–Crippen LogP) is 2.50. The lowest BCUT2D eigenvalue weighted by Crippen LogP contribution is -2.52. The lowest BCUT2D eigenvalue weighted by molar-refractivity contribution is 0.0600. The summed E-state index contributed by atoms with van der Waals surface area (Å²) < 4.78 is 4.71. The minimum atomic E-state index is -0.328. The van der Waals surface area contributed by atoms with Crippen LogP contribution in [0.3, 0.4) is 0 Å². The molecule has 1 N–H and O–H groups in total. The molecule has 2 amide bonds. The molecule has 0 aliphatic carbocycles. The molecule has 24 heavy (non-hydrogen) atoms. The first-order chi connectivity index (χ1) is 11.7. The molecule has 0 aromatic heterocycles. The number of ether oxygens (including phenoxy) is 1. The fourth-order valence-corrected chi connectivity index (χ4v) is 2.78. The molecule has 1 aliphatic heterocycles. The third-order valence-electron chi connectivity index (χ3n) is 4.28. The summed E-state index contributed by atoms with van der Waals surface area (Å²) in [5.74, 6) is -0.328. The van der Waals surface area contributed by atoms with Gasteiger partial charge in [0.05, 0.1) is 12.7 Å². The number of nitrogens with one attached hydrogen (secondary N) is 1. The first kappa shape index (κ1) is 18.1. The normalized spacial score (nSPS) is 14.4. The summed E-state index contributed by atoms with van der Waals surface area (Å²) in [6, 6.07) is 7.42. The first-order valence-corrected chi connectivity index (χ1v) is 8.61. The second-order valence-corrected chi connectivity index (χ2v) is 5.95. The molecule has 1 aromatic rings. The van der Waals surface area contributed by atoms with Crippen LogP contribution in [0.25, 0.3) is 0 Å². The number of esters is 1. The summed E-state index contributed by atoms with van der Waals surface area (Å²) in [4.78, 5) is 27.7. The van der Waals surface area contributed by atoms with Gasteiger partial charge in [-0.25, -0.2) is 9.59 Å². The van der Waals surface area contributed by atoms with Crippen molar-refractivity contribution >= 4 is 17.7 Å². The molecule has 0 unspecified atom stereocenters. The van der Waals surface area contributed by atoms with Gasteiger partial charge in [-0.2, -0.15) is 0 Å². The largest absolute Gasteiger partial charge is 0.465 e. The van der Waals surface area contributed by atoms with E-state index < -0.39 is 0 Å². The quantitative estimate of drug-likeness (QED) is 0.642. The number of nitrogens with zero attached hydrogens (tertiary/aromatic N) is 2. The highest BCUT2D eigenvalue weighted by Crippen LogP contribution is 2.17. The Balaban J connectivity index is 1.79. The molecule has 6 heteroatoms. The van der Waals surface area contributed by atoms with E-state index in [-0.39, 0.29) is 12.0 Å². The van der Waals surface area contributed by atoms with Gasteiger partial charge in [0.2, 0.25) is 0 Å². The molecule has 132 valence electrons. The monoisotopic (exact) mass is 333 g/mol. The second kappa shape index (κ2) is 9.15. The van der Waals surface area contributed by atoms with E-state index in [1.807, 2.05) is 17.0 Å². The van der Waals surface area contributed by atoms with Gasteiger partial charge in [-0.15, -0.1) is 0 Å². The van der Waals surface area contributed by atoms with Gasteiger partial charge in [-0.3, -0.25) is 0 Å². The number of unbranched alkanes of at least 4 members (excludes halogenated alkanes) is 2. The van der Waals surface area contributed by atoms with Crippen LogP contribution in [-0.4, -0.2) is 56.7 Å². The van der Waals surface area contributed by atoms with Gasteiger partial charge in [0.15, 0.2) is 0 Å². The average Bonchev–Trinajstić information content (AvgIpc) is 2.64. The maximum absolute atomic E-state index is 12.1. The molecule has 6 nitrogen and oxygen atoms in total. The number of piperazine rings is 1. The van der Waals surface area contributed by atoms with Gasteiger partial charge in [0.1, 0.15) is 0 Å². The lowest BCUT2D eigenvalue weighted by atomic mass is 10.2. The van der Waals surface area contributed by atoms with E-state index in [2.05, 4.69) is 17.1 Å². The van der Waals surface area contributed by atoms with Crippen LogP contribution in [0.15, 0.2) is 24.3 Å². The fraction of sp³-hybridized carbons (Fsp3) is 0.556. The molecule has 1 saturated heterocycles. The Morgan fingerprint density at radius 1 is 1.08 bits per heavy atom. The van der Waals surface area contributed by atoms with Crippen molar-refractivity contribution in [3.63, 3.8) is 0 Å². The number of benzene rings is 1. The molecule has 0 saturated carbocycles. The van der Waals surface area contributed by atoms with Crippen LogP contribution in [0, 0.1) is 0 Å². The summed E-state index contributed by atoms with van der Waals surface area (Å²) >= 11 is 0. The summed E-state index contributed by atoms with van der Waals surface area (Å²) in [7, 11) is 1.38. The highest BCUT2D eigenvalue weighted by atomic mass is 16.5. The number of carbonyl (C=O) groups excluding carboxylic acids is 2. The zero-order valence-electron chi connectivity index (χ0n) is 14.6. The molecule has 0 spiro atoms. The molecule has 1 fully saturated rings.